The molecule has 0 bridgehead atoms. The van der Waals surface area contributed by atoms with E-state index in [1.54, 1.807) is 61.5 Å². The highest BCUT2D eigenvalue weighted by molar-refractivity contribution is 7.92. The summed E-state index contributed by atoms with van der Waals surface area (Å²) in [6, 6.07) is 18.8. The number of aryl methyl sites for hydroxylation is 1. The molecule has 0 saturated carbocycles. The maximum atomic E-state index is 14.0. The highest BCUT2D eigenvalue weighted by atomic mass is 35.5. The highest BCUT2D eigenvalue weighted by Gasteiger charge is 2.34. The molecular weight excluding hydrogens is 557 g/mol. The molecule has 3 rings (SSSR count). The molecule has 1 N–H and O–H groups in total. The van der Waals surface area contributed by atoms with E-state index in [2.05, 4.69) is 5.32 Å². The van der Waals surface area contributed by atoms with Gasteiger partial charge in [0.1, 0.15) is 12.6 Å². The van der Waals surface area contributed by atoms with E-state index in [-0.39, 0.29) is 23.4 Å². The summed E-state index contributed by atoms with van der Waals surface area (Å²) in [5.41, 5.74) is 1.76. The van der Waals surface area contributed by atoms with Gasteiger partial charge in [-0.15, -0.1) is 0 Å². The standard InChI is InChI=1S/C29H33Cl2N3O4S/c1-5-27(29(36)32-20(2)3)33(18-22-14-15-23(30)17-26(22)31)28(35)19-34(24-11-9-10-21(4)16-24)39(37,38)25-12-7-6-8-13-25/h6-17,20,27H,5,18-19H2,1-4H3,(H,32,36). The first-order chi connectivity index (χ1) is 18.4. The molecule has 0 aliphatic rings. The van der Waals surface area contributed by atoms with E-state index in [0.717, 1.165) is 9.87 Å². The normalized spacial score (nSPS) is 12.2. The number of nitrogens with one attached hydrogen (secondary N) is 1. The number of halogens is 2. The van der Waals surface area contributed by atoms with Crippen LogP contribution < -0.4 is 9.62 Å². The summed E-state index contributed by atoms with van der Waals surface area (Å²) in [5, 5.41) is 3.64. The Morgan fingerprint density at radius 1 is 0.949 bits per heavy atom. The van der Waals surface area contributed by atoms with E-state index in [1.165, 1.54) is 17.0 Å². The van der Waals surface area contributed by atoms with E-state index in [9.17, 15) is 18.0 Å². The monoisotopic (exact) mass is 589 g/mol. The Bertz CT molecular complexity index is 1420. The summed E-state index contributed by atoms with van der Waals surface area (Å²) in [6.07, 6.45) is 0.311. The van der Waals surface area contributed by atoms with Crippen LogP contribution in [0.15, 0.2) is 77.7 Å². The average Bonchev–Trinajstić information content (AvgIpc) is 2.88. The van der Waals surface area contributed by atoms with Crippen molar-refractivity contribution in [3.05, 3.63) is 94.0 Å². The van der Waals surface area contributed by atoms with Gasteiger partial charge in [0, 0.05) is 22.6 Å². The third kappa shape index (κ3) is 7.75. The minimum absolute atomic E-state index is 0.00804. The molecule has 0 fully saturated rings. The van der Waals surface area contributed by atoms with E-state index in [1.807, 2.05) is 26.8 Å². The fourth-order valence-electron chi connectivity index (χ4n) is 4.17. The van der Waals surface area contributed by atoms with Crippen LogP contribution in [-0.4, -0.2) is 43.8 Å². The zero-order chi connectivity index (χ0) is 28.7. The molecule has 0 radical (unpaired) electrons. The van der Waals surface area contributed by atoms with E-state index < -0.39 is 28.5 Å². The van der Waals surface area contributed by atoms with Crippen LogP contribution in [0.1, 0.15) is 38.3 Å². The van der Waals surface area contributed by atoms with Crippen molar-refractivity contribution in [2.24, 2.45) is 0 Å². The summed E-state index contributed by atoms with van der Waals surface area (Å²) in [6.45, 7) is 6.78. The van der Waals surface area contributed by atoms with Crippen LogP contribution in [-0.2, 0) is 26.2 Å². The van der Waals surface area contributed by atoms with Crippen molar-refractivity contribution < 1.29 is 18.0 Å². The minimum atomic E-state index is -4.12. The van der Waals surface area contributed by atoms with E-state index in [0.29, 0.717) is 27.7 Å². The third-order valence-electron chi connectivity index (χ3n) is 6.07. The number of amides is 2. The van der Waals surface area contributed by atoms with Crippen LogP contribution in [0.5, 0.6) is 0 Å². The second-order valence-corrected chi connectivity index (χ2v) is 12.2. The molecule has 3 aromatic rings. The van der Waals surface area contributed by atoms with Crippen LogP contribution in [0.25, 0.3) is 0 Å². The van der Waals surface area contributed by atoms with Gasteiger partial charge in [0.05, 0.1) is 10.6 Å². The predicted octanol–water partition coefficient (Wildman–Crippen LogP) is 5.83. The van der Waals surface area contributed by atoms with Crippen molar-refractivity contribution in [3.63, 3.8) is 0 Å². The molecule has 1 unspecified atom stereocenters. The number of hydrogen-bond acceptors (Lipinski definition) is 4. The Balaban J connectivity index is 2.08. The molecule has 0 aliphatic heterocycles. The van der Waals surface area contributed by atoms with Gasteiger partial charge in [-0.3, -0.25) is 13.9 Å². The topological polar surface area (TPSA) is 86.8 Å². The molecule has 7 nitrogen and oxygen atoms in total. The Labute approximate surface area is 240 Å². The summed E-state index contributed by atoms with van der Waals surface area (Å²) in [7, 11) is -4.12. The number of benzene rings is 3. The smallest absolute Gasteiger partial charge is 0.264 e. The van der Waals surface area contributed by atoms with Gasteiger partial charge < -0.3 is 10.2 Å². The molecule has 2 amide bonds. The fraction of sp³-hybridized carbons (Fsp3) is 0.310. The van der Waals surface area contributed by atoms with Gasteiger partial charge in [-0.25, -0.2) is 8.42 Å². The minimum Gasteiger partial charge on any atom is -0.352 e. The van der Waals surface area contributed by atoms with Crippen LogP contribution in [0, 0.1) is 6.92 Å². The first-order valence-corrected chi connectivity index (χ1v) is 14.8. The molecule has 3 aromatic carbocycles. The molecule has 0 aliphatic carbocycles. The fourth-order valence-corrected chi connectivity index (χ4v) is 6.06. The molecule has 39 heavy (non-hydrogen) atoms. The second kappa shape index (κ2) is 13.3. The van der Waals surface area contributed by atoms with Crippen molar-refractivity contribution in [2.75, 3.05) is 10.8 Å². The first kappa shape index (κ1) is 30.5. The molecule has 10 heteroatoms. The second-order valence-electron chi connectivity index (χ2n) is 9.51. The maximum Gasteiger partial charge on any atom is 0.264 e. The Hall–Kier alpha value is -3.07. The van der Waals surface area contributed by atoms with Crippen molar-refractivity contribution >= 4 is 50.7 Å². The average molecular weight is 591 g/mol. The zero-order valence-electron chi connectivity index (χ0n) is 22.4. The number of hydrogen-bond donors (Lipinski definition) is 1. The lowest BCUT2D eigenvalue weighted by Gasteiger charge is -2.33. The lowest BCUT2D eigenvalue weighted by molar-refractivity contribution is -0.140. The van der Waals surface area contributed by atoms with Crippen LogP contribution in [0.4, 0.5) is 5.69 Å². The van der Waals surface area contributed by atoms with Crippen molar-refractivity contribution in [3.8, 4) is 0 Å². The molecule has 0 aromatic heterocycles. The number of carbonyl (C=O) groups is 2. The van der Waals surface area contributed by atoms with Gasteiger partial charge in [0.15, 0.2) is 0 Å². The van der Waals surface area contributed by atoms with Crippen molar-refractivity contribution in [1.82, 2.24) is 10.2 Å². The highest BCUT2D eigenvalue weighted by Crippen LogP contribution is 2.27. The Morgan fingerprint density at radius 2 is 1.64 bits per heavy atom. The van der Waals surface area contributed by atoms with Gasteiger partial charge >= 0.3 is 0 Å². The number of nitrogens with zero attached hydrogens (tertiary/aromatic N) is 2. The Morgan fingerprint density at radius 3 is 2.23 bits per heavy atom. The van der Waals surface area contributed by atoms with Gasteiger partial charge in [-0.05, 0) is 74.7 Å². The number of rotatable bonds is 11. The van der Waals surface area contributed by atoms with E-state index >= 15 is 0 Å². The molecular formula is C29H33Cl2N3O4S. The van der Waals surface area contributed by atoms with Gasteiger partial charge in [-0.2, -0.15) is 0 Å². The van der Waals surface area contributed by atoms with Crippen LogP contribution in [0.2, 0.25) is 10.0 Å². The quantitative estimate of drug-likeness (QED) is 0.305. The van der Waals surface area contributed by atoms with E-state index in [4.69, 9.17) is 23.2 Å². The number of carbonyl (C=O) groups excluding carboxylic acids is 2. The van der Waals surface area contributed by atoms with Crippen LogP contribution in [0.3, 0.4) is 0 Å². The number of sulfonamides is 1. The molecule has 0 saturated heterocycles. The summed E-state index contributed by atoms with van der Waals surface area (Å²) in [5.74, 6) is -0.883. The summed E-state index contributed by atoms with van der Waals surface area (Å²) < 4.78 is 28.7. The SMILES string of the molecule is CCC(C(=O)NC(C)C)N(Cc1ccc(Cl)cc1Cl)C(=O)CN(c1cccc(C)c1)S(=O)(=O)c1ccccc1. The lowest BCUT2D eigenvalue weighted by atomic mass is 10.1. The summed E-state index contributed by atoms with van der Waals surface area (Å²) >= 11 is 12.5. The van der Waals surface area contributed by atoms with Gasteiger partial charge in [-0.1, -0.05) is 66.5 Å². The maximum absolute atomic E-state index is 14.0. The molecule has 0 heterocycles. The van der Waals surface area contributed by atoms with Gasteiger partial charge in [0.2, 0.25) is 11.8 Å². The first-order valence-electron chi connectivity index (χ1n) is 12.6. The molecule has 208 valence electrons. The predicted molar refractivity (Wildman–Crippen MR) is 157 cm³/mol. The molecule has 0 spiro atoms. The van der Waals surface area contributed by atoms with Crippen LogP contribution >= 0.6 is 23.2 Å². The molecule has 1 atom stereocenters. The largest absolute Gasteiger partial charge is 0.352 e. The third-order valence-corrected chi connectivity index (χ3v) is 8.45. The Kier molecular flexibility index (Phi) is 10.4. The zero-order valence-corrected chi connectivity index (χ0v) is 24.7. The van der Waals surface area contributed by atoms with Gasteiger partial charge in [0.25, 0.3) is 10.0 Å². The van der Waals surface area contributed by atoms with Crippen molar-refractivity contribution in [2.45, 2.75) is 57.6 Å². The van der Waals surface area contributed by atoms with Crippen molar-refractivity contribution in [1.29, 1.82) is 0 Å². The lowest BCUT2D eigenvalue weighted by Crippen LogP contribution is -2.53. The summed E-state index contributed by atoms with van der Waals surface area (Å²) in [4.78, 5) is 28.7. The number of anilines is 1.